The first-order chi connectivity index (χ1) is 17.8. The van der Waals surface area contributed by atoms with Gasteiger partial charge in [0.05, 0.1) is 12.5 Å². The second-order valence-corrected chi connectivity index (χ2v) is 9.84. The van der Waals surface area contributed by atoms with E-state index in [1.165, 1.54) is 0 Å². The van der Waals surface area contributed by atoms with Crippen LogP contribution in [0.2, 0.25) is 0 Å². The summed E-state index contributed by atoms with van der Waals surface area (Å²) in [5, 5.41) is 17.9. The quantitative estimate of drug-likeness (QED) is 0.180. The Morgan fingerprint density at radius 3 is 2.16 bits per heavy atom. The highest BCUT2D eigenvalue weighted by Crippen LogP contribution is 2.20. The highest BCUT2D eigenvalue weighted by atomic mass is 16.4. The van der Waals surface area contributed by atoms with Gasteiger partial charge in [0.1, 0.15) is 18.1 Å². The molecule has 0 saturated heterocycles. The summed E-state index contributed by atoms with van der Waals surface area (Å²) in [6.07, 6.45) is 1.73. The van der Waals surface area contributed by atoms with Crippen LogP contribution in [-0.2, 0) is 30.4 Å². The zero-order valence-electron chi connectivity index (χ0n) is 22.1. The number of fused-ring (bicyclic) bond motifs is 1. The van der Waals surface area contributed by atoms with Gasteiger partial charge in [-0.2, -0.15) is 0 Å². The van der Waals surface area contributed by atoms with Crippen LogP contribution in [0.25, 0.3) is 10.9 Å². The van der Waals surface area contributed by atoms with E-state index in [0.717, 1.165) is 16.5 Å². The zero-order valence-corrected chi connectivity index (χ0v) is 22.1. The van der Waals surface area contributed by atoms with Crippen molar-refractivity contribution < 1.29 is 29.1 Å². The fourth-order valence-corrected chi connectivity index (χ4v) is 3.92. The molecule has 5 unspecified atom stereocenters. The first kappa shape index (κ1) is 30.3. The minimum Gasteiger partial charge on any atom is -0.480 e. The number of H-pyrrole nitrogens is 1. The van der Waals surface area contributed by atoms with Crippen LogP contribution in [0.1, 0.15) is 46.1 Å². The number of primary amides is 1. The Morgan fingerprint density at radius 1 is 0.947 bits per heavy atom. The molecule has 1 heterocycles. The van der Waals surface area contributed by atoms with Crippen LogP contribution in [0, 0.1) is 11.8 Å². The molecule has 0 aliphatic heterocycles. The maximum absolute atomic E-state index is 13.5. The van der Waals surface area contributed by atoms with E-state index < -0.39 is 66.1 Å². The largest absolute Gasteiger partial charge is 0.480 e. The van der Waals surface area contributed by atoms with E-state index >= 15 is 0 Å². The van der Waals surface area contributed by atoms with Crippen molar-refractivity contribution in [2.75, 3.05) is 0 Å². The summed E-state index contributed by atoms with van der Waals surface area (Å²) in [7, 11) is 0. The van der Waals surface area contributed by atoms with Gasteiger partial charge in [-0.05, 0) is 23.5 Å². The molecule has 0 fully saturated rings. The van der Waals surface area contributed by atoms with E-state index in [4.69, 9.17) is 11.5 Å². The summed E-state index contributed by atoms with van der Waals surface area (Å²) in [6.45, 7) is 7.10. The van der Waals surface area contributed by atoms with Gasteiger partial charge in [-0.15, -0.1) is 0 Å². The number of carbonyl (C=O) groups is 5. The summed E-state index contributed by atoms with van der Waals surface area (Å²) < 4.78 is 0. The van der Waals surface area contributed by atoms with Crippen molar-refractivity contribution in [1.29, 1.82) is 0 Å². The minimum absolute atomic E-state index is 0.112. The predicted molar refractivity (Wildman–Crippen MR) is 142 cm³/mol. The van der Waals surface area contributed by atoms with Crippen LogP contribution >= 0.6 is 0 Å². The van der Waals surface area contributed by atoms with Gasteiger partial charge < -0.3 is 37.5 Å². The number of carbonyl (C=O) groups excluding carboxylic acids is 4. The number of hydrogen-bond acceptors (Lipinski definition) is 6. The third-order valence-corrected chi connectivity index (χ3v) is 6.57. The third kappa shape index (κ3) is 8.04. The molecule has 38 heavy (non-hydrogen) atoms. The number of nitrogens with two attached hydrogens (primary N) is 2. The molecular formula is C26H38N6O6. The number of para-hydroxylation sites is 1. The molecule has 2 rings (SSSR count). The van der Waals surface area contributed by atoms with Gasteiger partial charge in [0, 0.05) is 23.5 Å². The Morgan fingerprint density at radius 2 is 1.58 bits per heavy atom. The zero-order chi connectivity index (χ0) is 28.6. The number of carboxylic acid groups (broad SMARTS) is 1. The molecule has 12 heteroatoms. The topological polar surface area (TPSA) is 210 Å². The second kappa shape index (κ2) is 13.6. The number of carboxylic acids is 1. The fraction of sp³-hybridized carbons (Fsp3) is 0.500. The van der Waals surface area contributed by atoms with Gasteiger partial charge in [-0.1, -0.05) is 52.3 Å². The summed E-state index contributed by atoms with van der Waals surface area (Å²) in [4.78, 5) is 65.3. The molecule has 0 saturated carbocycles. The first-order valence-corrected chi connectivity index (χ1v) is 12.6. The predicted octanol–water partition coefficient (Wildman–Crippen LogP) is 0.154. The molecule has 1 aromatic heterocycles. The van der Waals surface area contributed by atoms with E-state index in [1.807, 2.05) is 31.2 Å². The van der Waals surface area contributed by atoms with Crippen LogP contribution < -0.4 is 27.4 Å². The lowest BCUT2D eigenvalue weighted by Gasteiger charge is -2.28. The van der Waals surface area contributed by atoms with Crippen molar-refractivity contribution in [3.8, 4) is 0 Å². The maximum atomic E-state index is 13.5. The van der Waals surface area contributed by atoms with E-state index in [1.54, 1.807) is 27.0 Å². The van der Waals surface area contributed by atoms with Gasteiger partial charge in [0.15, 0.2) is 0 Å². The maximum Gasteiger partial charge on any atom is 0.326 e. The number of aromatic amines is 1. The van der Waals surface area contributed by atoms with Gasteiger partial charge in [-0.25, -0.2) is 4.79 Å². The highest BCUT2D eigenvalue weighted by molar-refractivity contribution is 5.95. The second-order valence-electron chi connectivity index (χ2n) is 9.84. The molecular weight excluding hydrogens is 492 g/mol. The van der Waals surface area contributed by atoms with Crippen molar-refractivity contribution >= 4 is 40.5 Å². The fourth-order valence-electron chi connectivity index (χ4n) is 3.92. The van der Waals surface area contributed by atoms with Crippen molar-refractivity contribution in [3.05, 3.63) is 36.0 Å². The molecule has 0 radical (unpaired) electrons. The number of aromatic nitrogens is 1. The average Bonchev–Trinajstić information content (AvgIpc) is 3.27. The highest BCUT2D eigenvalue weighted by Gasteiger charge is 2.33. The number of nitrogens with one attached hydrogen (secondary N) is 4. The van der Waals surface area contributed by atoms with Crippen molar-refractivity contribution in [2.45, 2.75) is 71.1 Å². The third-order valence-electron chi connectivity index (χ3n) is 6.57. The van der Waals surface area contributed by atoms with Gasteiger partial charge in [-0.3, -0.25) is 19.2 Å². The Hall–Kier alpha value is -3.93. The molecule has 5 atom stereocenters. The molecule has 4 amide bonds. The average molecular weight is 531 g/mol. The SMILES string of the molecule is CCC(C)C(NC(=O)C(Cc1c[nH]c2ccccc12)NC(=O)C(N)C(C)C)C(=O)NC(CC(N)=O)C(=O)O. The van der Waals surface area contributed by atoms with Crippen LogP contribution in [0.4, 0.5) is 0 Å². The molecule has 2 aromatic rings. The molecule has 12 nitrogen and oxygen atoms in total. The molecule has 0 bridgehead atoms. The summed E-state index contributed by atoms with van der Waals surface area (Å²) in [5.41, 5.74) is 12.7. The molecule has 9 N–H and O–H groups in total. The number of rotatable bonds is 14. The van der Waals surface area contributed by atoms with Gasteiger partial charge in [0.25, 0.3) is 0 Å². The number of hydrogen-bond donors (Lipinski definition) is 7. The van der Waals surface area contributed by atoms with Gasteiger partial charge in [0.2, 0.25) is 23.6 Å². The minimum atomic E-state index is -1.55. The number of benzene rings is 1. The van der Waals surface area contributed by atoms with E-state index in [-0.39, 0.29) is 12.3 Å². The Balaban J connectivity index is 2.33. The Kier molecular flexibility index (Phi) is 10.8. The monoisotopic (exact) mass is 530 g/mol. The lowest BCUT2D eigenvalue weighted by Crippen LogP contribution is -2.59. The van der Waals surface area contributed by atoms with E-state index in [2.05, 4.69) is 20.9 Å². The molecule has 0 spiro atoms. The lowest BCUT2D eigenvalue weighted by atomic mass is 9.96. The first-order valence-electron chi connectivity index (χ1n) is 12.6. The van der Waals surface area contributed by atoms with Crippen LogP contribution in [-0.4, -0.2) is 63.9 Å². The molecule has 1 aromatic carbocycles. The number of amides is 4. The van der Waals surface area contributed by atoms with E-state index in [0.29, 0.717) is 6.42 Å². The molecule has 0 aliphatic rings. The van der Waals surface area contributed by atoms with Crippen LogP contribution in [0.5, 0.6) is 0 Å². The lowest BCUT2D eigenvalue weighted by molar-refractivity contribution is -0.144. The van der Waals surface area contributed by atoms with Crippen LogP contribution in [0.3, 0.4) is 0 Å². The smallest absolute Gasteiger partial charge is 0.326 e. The summed E-state index contributed by atoms with van der Waals surface area (Å²) in [5.74, 6) is -4.84. The summed E-state index contributed by atoms with van der Waals surface area (Å²) >= 11 is 0. The van der Waals surface area contributed by atoms with E-state index in [9.17, 15) is 29.1 Å². The van der Waals surface area contributed by atoms with Crippen molar-refractivity contribution in [1.82, 2.24) is 20.9 Å². The summed E-state index contributed by atoms with van der Waals surface area (Å²) in [6, 6.07) is 2.88. The van der Waals surface area contributed by atoms with Crippen molar-refractivity contribution in [2.24, 2.45) is 23.3 Å². The van der Waals surface area contributed by atoms with Crippen molar-refractivity contribution in [3.63, 3.8) is 0 Å². The Labute approximate surface area is 221 Å². The van der Waals surface area contributed by atoms with Gasteiger partial charge >= 0.3 is 5.97 Å². The molecule has 208 valence electrons. The number of aliphatic carboxylic acids is 1. The Bertz CT molecular complexity index is 1160. The van der Waals surface area contributed by atoms with Crippen LogP contribution in [0.15, 0.2) is 30.5 Å². The normalized spacial score (nSPS) is 15.2. The molecule has 0 aliphatic carbocycles. The standard InChI is InChI=1S/C26H38N6O6/c1-5-14(4)22(25(36)31-19(26(37)38)11-20(27)33)32-23(34)18(30-24(35)21(28)13(2)3)10-15-12-29-17-9-7-6-8-16(15)17/h6-9,12-14,18-19,21-22,29H,5,10-11,28H2,1-4H3,(H2,27,33)(H,30,35)(H,31,36)(H,32,34)(H,37,38).